The van der Waals surface area contributed by atoms with Crippen LogP contribution in [0.4, 0.5) is 23.3 Å². The van der Waals surface area contributed by atoms with Gasteiger partial charge in [0.15, 0.2) is 31.0 Å². The van der Waals surface area contributed by atoms with Crippen molar-refractivity contribution < 1.29 is 26.3 Å². The molecular weight excluding hydrogens is 901 g/mol. The molecule has 4 aromatic carbocycles. The smallest absolute Gasteiger partial charge is 0.269 e. The van der Waals surface area contributed by atoms with Crippen LogP contribution in [0.15, 0.2) is 144 Å². The van der Waals surface area contributed by atoms with E-state index in [0.717, 1.165) is 73.0 Å². The lowest BCUT2D eigenvalue weighted by atomic mass is 10.1. The molecule has 0 saturated carbocycles. The van der Waals surface area contributed by atoms with E-state index in [9.17, 15) is 16.8 Å². The molecular formula is C50H52N10O6S2. The van der Waals surface area contributed by atoms with Crippen LogP contribution in [0.1, 0.15) is 25.7 Å². The number of likely N-dealkylation sites (tertiary alicyclic amines) is 2. The highest BCUT2D eigenvalue weighted by atomic mass is 32.2. The Labute approximate surface area is 395 Å². The fourth-order valence-electron chi connectivity index (χ4n) is 8.79. The van der Waals surface area contributed by atoms with Crippen molar-refractivity contribution in [3.05, 3.63) is 134 Å². The Morgan fingerprint density at radius 1 is 0.500 bits per heavy atom. The largest absolute Gasteiger partial charge is 0.492 e. The van der Waals surface area contributed by atoms with Gasteiger partial charge in [-0.2, -0.15) is 9.97 Å². The Bertz CT molecular complexity index is 3040. The molecule has 2 saturated heterocycles. The quantitative estimate of drug-likeness (QED) is 0.0815. The number of nitrogens with zero attached hydrogens (tertiary/aromatic N) is 10. The molecule has 350 valence electrons. The number of hydrazine groups is 1. The van der Waals surface area contributed by atoms with Crippen LogP contribution < -0.4 is 19.5 Å². The van der Waals surface area contributed by atoms with Gasteiger partial charge in [0, 0.05) is 49.1 Å². The first-order valence-electron chi connectivity index (χ1n) is 22.8. The lowest BCUT2D eigenvalue weighted by Crippen LogP contribution is -2.37. The van der Waals surface area contributed by atoms with Crippen molar-refractivity contribution in [3.63, 3.8) is 0 Å². The molecule has 0 unspecified atom stereocenters. The minimum atomic E-state index is -3.41. The van der Waals surface area contributed by atoms with E-state index in [-0.39, 0.29) is 21.7 Å². The molecule has 10 rings (SSSR count). The van der Waals surface area contributed by atoms with Crippen molar-refractivity contribution in [2.45, 2.75) is 35.5 Å². The van der Waals surface area contributed by atoms with Gasteiger partial charge < -0.3 is 9.47 Å². The average molecular weight is 953 g/mol. The van der Waals surface area contributed by atoms with Crippen molar-refractivity contribution >= 4 is 54.2 Å². The van der Waals surface area contributed by atoms with Crippen LogP contribution in [0.2, 0.25) is 0 Å². The van der Waals surface area contributed by atoms with Gasteiger partial charge in [-0.3, -0.25) is 9.80 Å². The molecule has 8 aromatic rings. The predicted molar refractivity (Wildman–Crippen MR) is 263 cm³/mol. The molecule has 68 heavy (non-hydrogen) atoms. The number of pyridine rings is 2. The molecule has 0 atom stereocenters. The van der Waals surface area contributed by atoms with E-state index in [2.05, 4.69) is 9.80 Å². The normalized spacial score (nSPS) is 14.8. The summed E-state index contributed by atoms with van der Waals surface area (Å²) < 4.78 is 65.3. The fraction of sp³-hybridized carbons (Fsp3) is 0.280. The maximum absolute atomic E-state index is 12.4. The van der Waals surface area contributed by atoms with Crippen LogP contribution in [0.5, 0.6) is 11.5 Å². The first-order chi connectivity index (χ1) is 32.9. The molecule has 0 spiro atoms. The minimum absolute atomic E-state index is 0.220. The molecule has 0 bridgehead atoms. The second-order valence-corrected chi connectivity index (χ2v) is 21.2. The van der Waals surface area contributed by atoms with E-state index < -0.39 is 19.7 Å². The van der Waals surface area contributed by atoms with Gasteiger partial charge in [0.05, 0.1) is 21.2 Å². The highest BCUT2D eigenvalue weighted by Gasteiger charge is 2.30. The summed E-state index contributed by atoms with van der Waals surface area (Å²) in [5, 5.41) is 13.9. The van der Waals surface area contributed by atoms with Crippen LogP contribution in [-0.2, 0) is 19.7 Å². The molecule has 0 N–H and O–H groups in total. The van der Waals surface area contributed by atoms with E-state index in [4.69, 9.17) is 29.6 Å². The summed E-state index contributed by atoms with van der Waals surface area (Å²) >= 11 is 0. The molecule has 2 aliphatic heterocycles. The topological polar surface area (TPSA) is 160 Å². The zero-order valence-corrected chi connectivity index (χ0v) is 39.6. The second kappa shape index (κ2) is 19.0. The Morgan fingerprint density at radius 3 is 1.22 bits per heavy atom. The van der Waals surface area contributed by atoms with Gasteiger partial charge in [-0.15, -0.1) is 10.2 Å². The van der Waals surface area contributed by atoms with E-state index in [1.54, 1.807) is 57.6 Å². The van der Waals surface area contributed by atoms with Gasteiger partial charge >= 0.3 is 0 Å². The van der Waals surface area contributed by atoms with Crippen LogP contribution in [-0.4, -0.2) is 121 Å². The molecule has 0 amide bonds. The second-order valence-electron chi connectivity index (χ2n) is 17.2. The Hall–Kier alpha value is -6.86. The number of sulfone groups is 2. The third kappa shape index (κ3) is 9.76. The van der Waals surface area contributed by atoms with Gasteiger partial charge in [0.2, 0.25) is 0 Å². The van der Waals surface area contributed by atoms with E-state index in [0.29, 0.717) is 35.9 Å². The summed E-state index contributed by atoms with van der Waals surface area (Å²) in [4.78, 5) is 15.7. The first kappa shape index (κ1) is 44.9. The van der Waals surface area contributed by atoms with Crippen LogP contribution in [0.3, 0.4) is 0 Å². The summed E-state index contributed by atoms with van der Waals surface area (Å²) in [7, 11) is -6.81. The Balaban J connectivity index is 1.09. The maximum Gasteiger partial charge on any atom is 0.269 e. The number of benzene rings is 4. The molecule has 2 fully saturated rings. The number of fused-ring (bicyclic) bond motifs is 2. The number of rotatable bonds is 17. The van der Waals surface area contributed by atoms with Crippen molar-refractivity contribution in [3.8, 4) is 33.8 Å². The monoisotopic (exact) mass is 952 g/mol. The van der Waals surface area contributed by atoms with Crippen LogP contribution in [0.25, 0.3) is 33.5 Å². The molecule has 4 aromatic heterocycles. The summed E-state index contributed by atoms with van der Waals surface area (Å²) in [6.07, 6.45) is 10.9. The molecule has 18 heteroatoms. The van der Waals surface area contributed by atoms with Crippen molar-refractivity contribution in [2.75, 3.05) is 75.0 Å². The molecule has 6 heterocycles. The van der Waals surface area contributed by atoms with Crippen LogP contribution >= 0.6 is 0 Å². The molecule has 0 radical (unpaired) electrons. The van der Waals surface area contributed by atoms with Crippen molar-refractivity contribution in [1.82, 2.24) is 39.0 Å². The number of anilines is 4. The number of ether oxygens (including phenoxy) is 2. The summed E-state index contributed by atoms with van der Waals surface area (Å²) in [5.41, 5.74) is 5.43. The zero-order valence-electron chi connectivity index (χ0n) is 37.9. The Kier molecular flexibility index (Phi) is 12.6. The first-order valence-corrected chi connectivity index (χ1v) is 26.6. The Morgan fingerprint density at radius 2 is 0.868 bits per heavy atom. The maximum atomic E-state index is 12.4. The van der Waals surface area contributed by atoms with Gasteiger partial charge in [0.1, 0.15) is 24.7 Å². The summed E-state index contributed by atoms with van der Waals surface area (Å²) in [6.45, 7) is 7.20. The van der Waals surface area contributed by atoms with Crippen molar-refractivity contribution in [1.29, 1.82) is 0 Å². The SMILES string of the molecule is CS(=O)(=O)c1ccc(-c2cccn3nc(N(c4ccc(OCCN5CCCC5)cc4)N(c4ccc(OCCN5CCCC5)cc4)c4nc5c(-c6ccc(S(C)(=O)=O)cc6)cccn5n4)nc23)cc1. The zero-order chi connectivity index (χ0) is 46.8. The minimum Gasteiger partial charge on any atom is -0.492 e. The van der Waals surface area contributed by atoms with Gasteiger partial charge in [-0.25, -0.2) is 35.9 Å². The number of hydrogen-bond donors (Lipinski definition) is 0. The highest BCUT2D eigenvalue weighted by molar-refractivity contribution is 7.91. The average Bonchev–Trinajstić information content (AvgIpc) is 4.19. The lowest BCUT2D eigenvalue weighted by Gasteiger charge is -2.33. The summed E-state index contributed by atoms with van der Waals surface area (Å²) in [6, 6.07) is 36.6. The van der Waals surface area contributed by atoms with Crippen LogP contribution in [0, 0.1) is 0 Å². The number of hydrogen-bond acceptors (Lipinski definition) is 14. The molecule has 0 aliphatic carbocycles. The van der Waals surface area contributed by atoms with E-state index >= 15 is 0 Å². The van der Waals surface area contributed by atoms with E-state index in [1.165, 1.54) is 38.2 Å². The van der Waals surface area contributed by atoms with E-state index in [1.807, 2.05) is 95.2 Å². The van der Waals surface area contributed by atoms with Gasteiger partial charge in [-0.1, -0.05) is 24.3 Å². The predicted octanol–water partition coefficient (Wildman–Crippen LogP) is 7.75. The molecule has 2 aliphatic rings. The lowest BCUT2D eigenvalue weighted by molar-refractivity contribution is 0.237. The standard InChI is InChI=1S/C50H52N10O6S2/c1-67(61,62)43-23-11-37(12-24-43)45-9-7-31-57-47(45)51-49(53-57)59(39-15-19-41(20-16-39)65-35-33-55-27-3-4-28-55)60(40-17-21-42(22-18-40)66-36-34-56-29-5-6-30-56)50-52-48-46(10-8-32-58(48)54-50)38-13-25-44(26-14-38)68(2,63)64/h7-26,31-32H,3-6,27-30,33-36H2,1-2H3. The van der Waals surface area contributed by atoms with Gasteiger partial charge in [-0.05, 0) is 160 Å². The summed E-state index contributed by atoms with van der Waals surface area (Å²) in [5.74, 6) is 2.01. The van der Waals surface area contributed by atoms with Crippen molar-refractivity contribution in [2.24, 2.45) is 0 Å². The van der Waals surface area contributed by atoms with Gasteiger partial charge in [0.25, 0.3) is 11.9 Å². The highest BCUT2D eigenvalue weighted by Crippen LogP contribution is 2.38. The fourth-order valence-corrected chi connectivity index (χ4v) is 10.0. The third-order valence-electron chi connectivity index (χ3n) is 12.4. The number of aromatic nitrogens is 6. The third-order valence-corrected chi connectivity index (χ3v) is 14.6. The molecule has 16 nitrogen and oxygen atoms in total.